The summed E-state index contributed by atoms with van der Waals surface area (Å²) in [5.74, 6) is 0.660. The Kier molecular flexibility index (Phi) is 2.86. The van der Waals surface area contributed by atoms with Crippen LogP contribution in [0.4, 0.5) is 0 Å². The lowest BCUT2D eigenvalue weighted by molar-refractivity contribution is -0.136. The van der Waals surface area contributed by atoms with Gasteiger partial charge in [0.15, 0.2) is 0 Å². The van der Waals surface area contributed by atoms with Crippen LogP contribution in [-0.4, -0.2) is 37.5 Å². The number of nitrogens with zero attached hydrogens (tertiary/aromatic N) is 1. The maximum atomic E-state index is 12.6. The zero-order chi connectivity index (χ0) is 12.6. The van der Waals surface area contributed by atoms with Gasteiger partial charge in [0.2, 0.25) is 5.91 Å². The van der Waals surface area contributed by atoms with E-state index >= 15 is 0 Å². The Labute approximate surface area is 108 Å². The zero-order valence-electron chi connectivity index (χ0n) is 10.9. The monoisotopic (exact) mass is 244 g/mol. The summed E-state index contributed by atoms with van der Waals surface area (Å²) in [6.07, 6.45) is 2.12. The van der Waals surface area contributed by atoms with Crippen LogP contribution in [0.3, 0.4) is 0 Å². The van der Waals surface area contributed by atoms with Gasteiger partial charge in [-0.25, -0.2) is 0 Å². The van der Waals surface area contributed by atoms with Crippen LogP contribution in [0.15, 0.2) is 30.3 Å². The minimum absolute atomic E-state index is 0.200. The van der Waals surface area contributed by atoms with Crippen LogP contribution in [-0.2, 0) is 4.79 Å². The number of amides is 1. The Morgan fingerprint density at radius 1 is 1.33 bits per heavy atom. The first-order chi connectivity index (χ1) is 8.74. The van der Waals surface area contributed by atoms with Gasteiger partial charge in [0.25, 0.3) is 0 Å². The van der Waals surface area contributed by atoms with E-state index in [0.29, 0.717) is 11.8 Å². The molecular weight excluding hydrogens is 224 g/mol. The third-order valence-electron chi connectivity index (χ3n) is 4.51. The third kappa shape index (κ3) is 1.65. The average molecular weight is 244 g/mol. The van der Waals surface area contributed by atoms with Crippen LogP contribution in [0.1, 0.15) is 24.3 Å². The van der Waals surface area contributed by atoms with Crippen LogP contribution < -0.4 is 5.32 Å². The molecule has 1 amide bonds. The number of nitrogens with one attached hydrogen (secondary N) is 1. The van der Waals surface area contributed by atoms with Crippen molar-refractivity contribution in [2.75, 3.05) is 26.7 Å². The summed E-state index contributed by atoms with van der Waals surface area (Å²) in [5, 5.41) is 3.42. The predicted molar refractivity (Wildman–Crippen MR) is 71.4 cm³/mol. The molecule has 1 aromatic carbocycles. The van der Waals surface area contributed by atoms with Crippen molar-refractivity contribution >= 4 is 5.91 Å². The number of rotatable bonds is 1. The zero-order valence-corrected chi connectivity index (χ0v) is 10.9. The fourth-order valence-electron chi connectivity index (χ4n) is 3.58. The molecule has 0 saturated carbocycles. The topological polar surface area (TPSA) is 32.3 Å². The maximum absolute atomic E-state index is 12.6. The molecule has 2 saturated heterocycles. The van der Waals surface area contributed by atoms with Gasteiger partial charge in [-0.1, -0.05) is 30.3 Å². The summed E-state index contributed by atoms with van der Waals surface area (Å²) < 4.78 is 0. The molecule has 1 spiro atoms. The fraction of sp³-hybridized carbons (Fsp3) is 0.533. The lowest BCUT2D eigenvalue weighted by atomic mass is 9.69. The Bertz CT molecular complexity index is 437. The molecule has 18 heavy (non-hydrogen) atoms. The van der Waals surface area contributed by atoms with Crippen molar-refractivity contribution in [1.82, 2.24) is 10.2 Å². The first-order valence-electron chi connectivity index (χ1n) is 6.75. The summed E-state index contributed by atoms with van der Waals surface area (Å²) in [6.45, 7) is 2.72. The quantitative estimate of drug-likeness (QED) is 0.814. The lowest BCUT2D eigenvalue weighted by Gasteiger charge is -2.36. The van der Waals surface area contributed by atoms with Gasteiger partial charge >= 0.3 is 0 Å². The Balaban J connectivity index is 1.99. The van der Waals surface area contributed by atoms with Gasteiger partial charge in [0, 0.05) is 26.1 Å². The molecule has 0 aliphatic carbocycles. The number of piperidine rings is 1. The highest BCUT2D eigenvalue weighted by atomic mass is 16.2. The van der Waals surface area contributed by atoms with Crippen molar-refractivity contribution in [2.45, 2.75) is 18.8 Å². The van der Waals surface area contributed by atoms with Crippen LogP contribution in [0.2, 0.25) is 0 Å². The highest BCUT2D eigenvalue weighted by Gasteiger charge is 2.53. The van der Waals surface area contributed by atoms with E-state index in [1.165, 1.54) is 5.56 Å². The Morgan fingerprint density at radius 3 is 2.78 bits per heavy atom. The highest BCUT2D eigenvalue weighted by Crippen LogP contribution is 2.47. The molecule has 2 heterocycles. The van der Waals surface area contributed by atoms with Gasteiger partial charge in [-0.05, 0) is 24.9 Å². The maximum Gasteiger partial charge on any atom is 0.230 e. The number of hydrogen-bond donors (Lipinski definition) is 1. The molecule has 1 aromatic rings. The van der Waals surface area contributed by atoms with E-state index in [1.807, 2.05) is 18.0 Å². The average Bonchev–Trinajstić information content (AvgIpc) is 2.66. The normalized spacial score (nSPS) is 32.2. The molecule has 0 aromatic heterocycles. The van der Waals surface area contributed by atoms with E-state index in [0.717, 1.165) is 32.5 Å². The third-order valence-corrected chi connectivity index (χ3v) is 4.51. The lowest BCUT2D eigenvalue weighted by Crippen LogP contribution is -2.47. The summed E-state index contributed by atoms with van der Waals surface area (Å²) in [6, 6.07) is 10.5. The first-order valence-corrected chi connectivity index (χ1v) is 6.75. The molecule has 1 N–H and O–H groups in total. The van der Waals surface area contributed by atoms with Gasteiger partial charge in [-0.15, -0.1) is 0 Å². The molecule has 2 atom stereocenters. The van der Waals surface area contributed by atoms with Crippen molar-refractivity contribution in [3.8, 4) is 0 Å². The van der Waals surface area contributed by atoms with Crippen molar-refractivity contribution in [3.63, 3.8) is 0 Å². The number of benzene rings is 1. The Morgan fingerprint density at radius 2 is 2.11 bits per heavy atom. The number of likely N-dealkylation sites (tertiary alicyclic amines) is 1. The van der Waals surface area contributed by atoms with Crippen LogP contribution in [0, 0.1) is 5.41 Å². The van der Waals surface area contributed by atoms with E-state index in [4.69, 9.17) is 0 Å². The van der Waals surface area contributed by atoms with E-state index in [1.54, 1.807) is 0 Å². The molecule has 2 aliphatic rings. The van der Waals surface area contributed by atoms with Crippen molar-refractivity contribution in [3.05, 3.63) is 35.9 Å². The number of likely N-dealkylation sites (N-methyl/N-ethyl adjacent to an activating group) is 1. The van der Waals surface area contributed by atoms with Crippen LogP contribution in [0.5, 0.6) is 0 Å². The molecule has 2 unspecified atom stereocenters. The molecule has 3 nitrogen and oxygen atoms in total. The van der Waals surface area contributed by atoms with E-state index in [2.05, 4.69) is 29.6 Å². The fourth-order valence-corrected chi connectivity index (χ4v) is 3.58. The SMILES string of the molecule is CN1CC(c2ccccc2)C2(CCCNC2)C1=O. The van der Waals surface area contributed by atoms with Gasteiger partial charge in [0.1, 0.15) is 0 Å². The summed E-state index contributed by atoms with van der Waals surface area (Å²) in [5.41, 5.74) is 1.10. The largest absolute Gasteiger partial charge is 0.345 e. The van der Waals surface area contributed by atoms with Gasteiger partial charge < -0.3 is 10.2 Å². The minimum Gasteiger partial charge on any atom is -0.345 e. The summed E-state index contributed by atoms with van der Waals surface area (Å²) in [4.78, 5) is 14.5. The van der Waals surface area contributed by atoms with E-state index < -0.39 is 0 Å². The highest BCUT2D eigenvalue weighted by molar-refractivity contribution is 5.86. The molecule has 3 rings (SSSR count). The van der Waals surface area contributed by atoms with Crippen molar-refractivity contribution in [2.24, 2.45) is 5.41 Å². The number of hydrogen-bond acceptors (Lipinski definition) is 2. The first kappa shape index (κ1) is 11.7. The van der Waals surface area contributed by atoms with Crippen LogP contribution in [0.25, 0.3) is 0 Å². The second-order valence-corrected chi connectivity index (χ2v) is 5.59. The molecule has 0 bridgehead atoms. The summed E-state index contributed by atoms with van der Waals surface area (Å²) in [7, 11) is 1.93. The van der Waals surface area contributed by atoms with E-state index in [9.17, 15) is 4.79 Å². The molecule has 96 valence electrons. The smallest absolute Gasteiger partial charge is 0.230 e. The number of carbonyl (C=O) groups is 1. The van der Waals surface area contributed by atoms with Gasteiger partial charge in [-0.3, -0.25) is 4.79 Å². The van der Waals surface area contributed by atoms with Crippen LogP contribution >= 0.6 is 0 Å². The second-order valence-electron chi connectivity index (χ2n) is 5.59. The molecule has 0 radical (unpaired) electrons. The van der Waals surface area contributed by atoms with Crippen molar-refractivity contribution < 1.29 is 4.79 Å². The minimum atomic E-state index is -0.200. The summed E-state index contributed by atoms with van der Waals surface area (Å²) >= 11 is 0. The molecule has 2 aliphatic heterocycles. The molecular formula is C15H20N2O. The molecule has 2 fully saturated rings. The number of carbonyl (C=O) groups excluding carboxylic acids is 1. The van der Waals surface area contributed by atoms with Crippen molar-refractivity contribution in [1.29, 1.82) is 0 Å². The van der Waals surface area contributed by atoms with Gasteiger partial charge in [-0.2, -0.15) is 0 Å². The Hall–Kier alpha value is -1.35. The predicted octanol–water partition coefficient (Wildman–Crippen LogP) is 1.61. The van der Waals surface area contributed by atoms with Gasteiger partial charge in [0.05, 0.1) is 5.41 Å². The second kappa shape index (κ2) is 4.39. The standard InChI is InChI=1S/C15H20N2O/c1-17-10-13(12-6-3-2-4-7-12)15(14(17)18)8-5-9-16-11-15/h2-4,6-7,13,16H,5,8-11H2,1H3. The molecule has 3 heteroatoms. The van der Waals surface area contributed by atoms with E-state index in [-0.39, 0.29) is 5.41 Å².